The zero-order chi connectivity index (χ0) is 15.4. The van der Waals surface area contributed by atoms with E-state index in [0.29, 0.717) is 11.5 Å². The number of hydrogen-bond acceptors (Lipinski definition) is 2. The number of aromatic hydroxyl groups is 2. The van der Waals surface area contributed by atoms with Gasteiger partial charge in [0, 0.05) is 0 Å². The van der Waals surface area contributed by atoms with E-state index in [1.807, 2.05) is 24.3 Å². The molecule has 0 bridgehead atoms. The van der Waals surface area contributed by atoms with Crippen LogP contribution in [0, 0.1) is 0 Å². The van der Waals surface area contributed by atoms with E-state index < -0.39 is 0 Å². The quantitative estimate of drug-likeness (QED) is 0.753. The van der Waals surface area contributed by atoms with Crippen LogP contribution in [0.3, 0.4) is 0 Å². The van der Waals surface area contributed by atoms with Crippen LogP contribution < -0.4 is 0 Å². The van der Waals surface area contributed by atoms with Gasteiger partial charge in [0.2, 0.25) is 0 Å². The molecular formula is C20H18O2. The van der Waals surface area contributed by atoms with Gasteiger partial charge in [0.15, 0.2) is 0 Å². The van der Waals surface area contributed by atoms with Crippen LogP contribution in [0.5, 0.6) is 11.5 Å². The highest BCUT2D eigenvalue weighted by Crippen LogP contribution is 2.17. The molecule has 3 rings (SSSR count). The number of hydrogen-bond donors (Lipinski definition) is 2. The first-order valence-electron chi connectivity index (χ1n) is 7.33. The Morgan fingerprint density at radius 3 is 0.909 bits per heavy atom. The highest BCUT2D eigenvalue weighted by atomic mass is 16.3. The van der Waals surface area contributed by atoms with Crippen LogP contribution in [0.1, 0.15) is 22.3 Å². The van der Waals surface area contributed by atoms with Crippen molar-refractivity contribution in [2.24, 2.45) is 0 Å². The molecule has 2 N–H and O–H groups in total. The Morgan fingerprint density at radius 2 is 0.636 bits per heavy atom. The Hall–Kier alpha value is -2.74. The van der Waals surface area contributed by atoms with Gasteiger partial charge in [-0.2, -0.15) is 0 Å². The van der Waals surface area contributed by atoms with Crippen molar-refractivity contribution in [1.29, 1.82) is 0 Å². The summed E-state index contributed by atoms with van der Waals surface area (Å²) in [6, 6.07) is 23.2. The molecule has 0 saturated heterocycles. The molecule has 0 amide bonds. The largest absolute Gasteiger partial charge is 0.508 e. The minimum absolute atomic E-state index is 0.299. The molecule has 0 fully saturated rings. The van der Waals surface area contributed by atoms with Gasteiger partial charge in [-0.25, -0.2) is 0 Å². The fourth-order valence-corrected chi connectivity index (χ4v) is 2.47. The zero-order valence-electron chi connectivity index (χ0n) is 12.2. The topological polar surface area (TPSA) is 40.5 Å². The summed E-state index contributed by atoms with van der Waals surface area (Å²) in [5.41, 5.74) is 4.87. The van der Waals surface area contributed by atoms with E-state index in [2.05, 4.69) is 24.3 Å². The third-order valence-corrected chi connectivity index (χ3v) is 3.71. The number of phenolic OH excluding ortho intramolecular Hbond substituents is 2. The predicted molar refractivity (Wildman–Crippen MR) is 88.3 cm³/mol. The lowest BCUT2D eigenvalue weighted by Gasteiger charge is -2.06. The van der Waals surface area contributed by atoms with Crippen LogP contribution in [0.2, 0.25) is 0 Å². The highest BCUT2D eigenvalue weighted by molar-refractivity contribution is 5.34. The highest BCUT2D eigenvalue weighted by Gasteiger charge is 2.00. The second kappa shape index (κ2) is 6.35. The second-order valence-electron chi connectivity index (χ2n) is 5.50. The Balaban J connectivity index is 1.67. The zero-order valence-corrected chi connectivity index (χ0v) is 12.2. The Kier molecular flexibility index (Phi) is 4.10. The van der Waals surface area contributed by atoms with Crippen LogP contribution in [0.4, 0.5) is 0 Å². The number of rotatable bonds is 4. The molecule has 0 radical (unpaired) electrons. The molecule has 0 unspecified atom stereocenters. The lowest BCUT2D eigenvalue weighted by molar-refractivity contribution is 0.474. The molecule has 3 aromatic rings. The summed E-state index contributed by atoms with van der Waals surface area (Å²) in [4.78, 5) is 0. The lowest BCUT2D eigenvalue weighted by Crippen LogP contribution is -1.91. The summed E-state index contributed by atoms with van der Waals surface area (Å²) in [5, 5.41) is 18.6. The van der Waals surface area contributed by atoms with Crippen LogP contribution in [0.25, 0.3) is 0 Å². The van der Waals surface area contributed by atoms with E-state index in [1.165, 1.54) is 22.3 Å². The summed E-state index contributed by atoms with van der Waals surface area (Å²) >= 11 is 0. The van der Waals surface area contributed by atoms with Crippen molar-refractivity contribution in [1.82, 2.24) is 0 Å². The van der Waals surface area contributed by atoms with E-state index in [9.17, 15) is 10.2 Å². The molecule has 0 aliphatic rings. The van der Waals surface area contributed by atoms with Crippen molar-refractivity contribution in [2.45, 2.75) is 12.8 Å². The maximum Gasteiger partial charge on any atom is 0.115 e. The van der Waals surface area contributed by atoms with E-state index >= 15 is 0 Å². The maximum absolute atomic E-state index is 9.30. The predicted octanol–water partition coefficient (Wildman–Crippen LogP) is 4.28. The molecule has 0 spiro atoms. The van der Waals surface area contributed by atoms with Crippen molar-refractivity contribution in [2.75, 3.05) is 0 Å². The van der Waals surface area contributed by atoms with Gasteiger partial charge >= 0.3 is 0 Å². The minimum atomic E-state index is 0.299. The summed E-state index contributed by atoms with van der Waals surface area (Å²) in [6.45, 7) is 0. The van der Waals surface area contributed by atoms with Crippen LogP contribution >= 0.6 is 0 Å². The second-order valence-corrected chi connectivity index (χ2v) is 5.50. The van der Waals surface area contributed by atoms with Gasteiger partial charge in [0.25, 0.3) is 0 Å². The Bertz CT molecular complexity index is 660. The van der Waals surface area contributed by atoms with Gasteiger partial charge in [0.1, 0.15) is 11.5 Å². The smallest absolute Gasteiger partial charge is 0.115 e. The van der Waals surface area contributed by atoms with E-state index in [4.69, 9.17) is 0 Å². The van der Waals surface area contributed by atoms with Crippen molar-refractivity contribution in [3.05, 3.63) is 95.1 Å². The molecular weight excluding hydrogens is 272 g/mol. The fourth-order valence-electron chi connectivity index (χ4n) is 2.47. The molecule has 2 heteroatoms. The first-order valence-corrected chi connectivity index (χ1v) is 7.33. The third-order valence-electron chi connectivity index (χ3n) is 3.71. The molecule has 2 nitrogen and oxygen atoms in total. The molecule has 110 valence electrons. The minimum Gasteiger partial charge on any atom is -0.508 e. The third kappa shape index (κ3) is 3.67. The molecule has 3 aromatic carbocycles. The monoisotopic (exact) mass is 290 g/mol. The lowest BCUT2D eigenvalue weighted by atomic mass is 10.0. The van der Waals surface area contributed by atoms with Crippen LogP contribution in [0.15, 0.2) is 72.8 Å². The summed E-state index contributed by atoms with van der Waals surface area (Å²) in [6.07, 6.45) is 1.72. The summed E-state index contributed by atoms with van der Waals surface area (Å²) in [5.74, 6) is 0.598. The average molecular weight is 290 g/mol. The van der Waals surface area contributed by atoms with Gasteiger partial charge in [-0.3, -0.25) is 0 Å². The molecule has 0 aromatic heterocycles. The molecule has 0 heterocycles. The van der Waals surface area contributed by atoms with E-state index in [1.54, 1.807) is 24.3 Å². The van der Waals surface area contributed by atoms with Gasteiger partial charge in [0.05, 0.1) is 0 Å². The number of phenols is 2. The Labute approximate surface area is 130 Å². The molecule has 0 aliphatic carbocycles. The summed E-state index contributed by atoms with van der Waals surface area (Å²) in [7, 11) is 0. The van der Waals surface area contributed by atoms with Gasteiger partial charge in [-0.05, 0) is 59.4 Å². The molecule has 0 atom stereocenters. The number of benzene rings is 3. The molecule has 0 saturated carbocycles. The standard InChI is InChI=1S/C20H18O2/c21-19-9-5-17(6-10-19)13-15-1-2-16(4-3-15)14-18-7-11-20(22)12-8-18/h1-12,21-22H,13-14H2. The van der Waals surface area contributed by atoms with E-state index in [-0.39, 0.29) is 0 Å². The van der Waals surface area contributed by atoms with Crippen molar-refractivity contribution < 1.29 is 10.2 Å². The van der Waals surface area contributed by atoms with E-state index in [0.717, 1.165) is 12.8 Å². The van der Waals surface area contributed by atoms with Crippen molar-refractivity contribution >= 4 is 0 Å². The summed E-state index contributed by atoms with van der Waals surface area (Å²) < 4.78 is 0. The average Bonchev–Trinajstić information content (AvgIpc) is 2.54. The first kappa shape index (κ1) is 14.2. The first-order chi connectivity index (χ1) is 10.7. The molecule has 22 heavy (non-hydrogen) atoms. The van der Waals surface area contributed by atoms with Crippen LogP contribution in [-0.2, 0) is 12.8 Å². The van der Waals surface area contributed by atoms with Gasteiger partial charge < -0.3 is 10.2 Å². The van der Waals surface area contributed by atoms with Crippen LogP contribution in [-0.4, -0.2) is 10.2 Å². The Morgan fingerprint density at radius 1 is 0.409 bits per heavy atom. The molecule has 0 aliphatic heterocycles. The SMILES string of the molecule is Oc1ccc(Cc2ccc(Cc3ccc(O)cc3)cc2)cc1. The van der Waals surface area contributed by atoms with Crippen molar-refractivity contribution in [3.63, 3.8) is 0 Å². The van der Waals surface area contributed by atoms with Gasteiger partial charge in [-0.15, -0.1) is 0 Å². The van der Waals surface area contributed by atoms with Crippen molar-refractivity contribution in [3.8, 4) is 11.5 Å². The maximum atomic E-state index is 9.30. The normalized spacial score (nSPS) is 10.5. The fraction of sp³-hybridized carbons (Fsp3) is 0.100. The van der Waals surface area contributed by atoms with Gasteiger partial charge in [-0.1, -0.05) is 48.5 Å².